The summed E-state index contributed by atoms with van der Waals surface area (Å²) in [6.45, 7) is 5.16. The molecule has 0 bridgehead atoms. The summed E-state index contributed by atoms with van der Waals surface area (Å²) in [6, 6.07) is 20.8. The van der Waals surface area contributed by atoms with Gasteiger partial charge < -0.3 is 4.65 Å². The van der Waals surface area contributed by atoms with Crippen LogP contribution in [0.3, 0.4) is 0 Å². The number of rotatable bonds is 5. The van der Waals surface area contributed by atoms with Crippen LogP contribution in [0.4, 0.5) is 0 Å². The molecule has 0 spiro atoms. The molecule has 1 nitrogen and oxygen atoms in total. The Hall–Kier alpha value is -1.54. The fourth-order valence-corrected chi connectivity index (χ4v) is 1.93. The second-order valence-corrected chi connectivity index (χ2v) is 4.93. The van der Waals surface area contributed by atoms with Crippen LogP contribution < -0.4 is 10.9 Å². The molecule has 0 amide bonds. The maximum Gasteiger partial charge on any atom is 0.0633 e. The minimum absolute atomic E-state index is 0.0369. The Kier molecular flexibility index (Phi) is 4.60. The fourth-order valence-electron chi connectivity index (χ4n) is 1.93. The molecule has 2 aromatic carbocycles. The van der Waals surface area contributed by atoms with Crippen molar-refractivity contribution in [1.29, 1.82) is 0 Å². The van der Waals surface area contributed by atoms with Crippen LogP contribution in [0.2, 0.25) is 0 Å². The highest BCUT2D eigenvalue weighted by Crippen LogP contribution is 1.99. The standard InChI is InChI=1S/C16H19BO/c1-14(2)13-18-17(15-9-5-3-6-10-15)16-11-7-4-8-12-16/h3-12,14H,13H2,1-2H3/q-1. The minimum Gasteiger partial charge on any atom is -0.611 e. The molecule has 0 aliphatic heterocycles. The Morgan fingerprint density at radius 3 is 1.67 bits per heavy atom. The SMILES string of the molecule is CC(C)CO[B-](c1ccccc1)c1ccccc1. The first-order valence-corrected chi connectivity index (χ1v) is 6.49. The predicted molar refractivity (Wildman–Crippen MR) is 78.7 cm³/mol. The molecule has 93 valence electrons. The van der Waals surface area contributed by atoms with Gasteiger partial charge in [-0.1, -0.05) is 74.5 Å². The predicted octanol–water partition coefficient (Wildman–Crippen LogP) is 2.46. The van der Waals surface area contributed by atoms with Crippen LogP contribution in [0.15, 0.2) is 60.7 Å². The van der Waals surface area contributed by atoms with Crippen molar-refractivity contribution in [2.45, 2.75) is 13.8 Å². The maximum absolute atomic E-state index is 6.08. The van der Waals surface area contributed by atoms with Crippen molar-refractivity contribution in [2.75, 3.05) is 6.61 Å². The van der Waals surface area contributed by atoms with E-state index in [4.69, 9.17) is 4.65 Å². The second-order valence-electron chi connectivity index (χ2n) is 4.93. The molecule has 0 heterocycles. The lowest BCUT2D eigenvalue weighted by Crippen LogP contribution is -2.45. The van der Waals surface area contributed by atoms with Crippen LogP contribution >= 0.6 is 0 Å². The zero-order chi connectivity index (χ0) is 12.8. The molecule has 2 heteroatoms. The van der Waals surface area contributed by atoms with Crippen molar-refractivity contribution in [3.05, 3.63) is 60.7 Å². The van der Waals surface area contributed by atoms with Crippen LogP contribution in [-0.4, -0.2) is 13.5 Å². The Bertz CT molecular complexity index is 414. The molecule has 18 heavy (non-hydrogen) atoms. The van der Waals surface area contributed by atoms with Gasteiger partial charge in [-0.3, -0.25) is 0 Å². The van der Waals surface area contributed by atoms with Gasteiger partial charge in [0, 0.05) is 6.61 Å². The van der Waals surface area contributed by atoms with Crippen LogP contribution in [-0.2, 0) is 4.65 Å². The summed E-state index contributed by atoms with van der Waals surface area (Å²) in [6.07, 6.45) is 0. The summed E-state index contributed by atoms with van der Waals surface area (Å²) in [5.74, 6) is 0.542. The zero-order valence-electron chi connectivity index (χ0n) is 11.0. The molecular formula is C16H19BO-. The summed E-state index contributed by atoms with van der Waals surface area (Å²) < 4.78 is 6.08. The normalized spacial score (nSPS) is 11.1. The Balaban J connectivity index is 2.24. The average molecular weight is 238 g/mol. The van der Waals surface area contributed by atoms with Crippen LogP contribution in [0.1, 0.15) is 13.8 Å². The van der Waals surface area contributed by atoms with E-state index in [1.54, 1.807) is 0 Å². The minimum atomic E-state index is 0.0369. The summed E-state index contributed by atoms with van der Waals surface area (Å²) in [5, 5.41) is 0. The molecule has 1 radical (unpaired) electrons. The van der Waals surface area contributed by atoms with E-state index < -0.39 is 0 Å². The van der Waals surface area contributed by atoms with Gasteiger partial charge in [0.15, 0.2) is 0 Å². The van der Waals surface area contributed by atoms with E-state index in [1.807, 2.05) is 12.1 Å². The third-order valence-electron chi connectivity index (χ3n) is 2.80. The zero-order valence-corrected chi connectivity index (χ0v) is 11.0. The van der Waals surface area contributed by atoms with Gasteiger partial charge in [-0.25, -0.2) is 10.9 Å². The molecule has 0 atom stereocenters. The van der Waals surface area contributed by atoms with Crippen molar-refractivity contribution in [3.8, 4) is 0 Å². The lowest BCUT2D eigenvalue weighted by molar-refractivity contribution is 0.282. The van der Waals surface area contributed by atoms with Crippen LogP contribution in [0.25, 0.3) is 0 Å². The third-order valence-corrected chi connectivity index (χ3v) is 2.80. The molecule has 0 aromatic heterocycles. The van der Waals surface area contributed by atoms with Crippen molar-refractivity contribution in [3.63, 3.8) is 0 Å². The van der Waals surface area contributed by atoms with Gasteiger partial charge in [-0.2, -0.15) is 0 Å². The molecule has 0 N–H and O–H groups in total. The maximum atomic E-state index is 6.08. The molecule has 2 rings (SSSR count). The van der Waals surface area contributed by atoms with Gasteiger partial charge in [0.2, 0.25) is 0 Å². The third kappa shape index (κ3) is 3.48. The van der Waals surface area contributed by atoms with Crippen molar-refractivity contribution in [2.24, 2.45) is 5.92 Å². The summed E-state index contributed by atoms with van der Waals surface area (Å²) in [4.78, 5) is 0. The Morgan fingerprint density at radius 1 is 0.833 bits per heavy atom. The lowest BCUT2D eigenvalue weighted by atomic mass is 9.55. The topological polar surface area (TPSA) is 9.23 Å². The van der Waals surface area contributed by atoms with Gasteiger partial charge >= 0.3 is 0 Å². The molecule has 0 aliphatic carbocycles. The molecule has 0 saturated heterocycles. The van der Waals surface area contributed by atoms with Crippen LogP contribution in [0.5, 0.6) is 0 Å². The molecule has 0 saturated carbocycles. The number of benzene rings is 2. The summed E-state index contributed by atoms with van der Waals surface area (Å²) in [5.41, 5.74) is 2.42. The summed E-state index contributed by atoms with van der Waals surface area (Å²) in [7, 11) is 0. The van der Waals surface area contributed by atoms with Gasteiger partial charge in [0.05, 0.1) is 6.92 Å². The Labute approximate surface area is 110 Å². The molecule has 0 aliphatic rings. The molecule has 0 fully saturated rings. The molecule has 2 aromatic rings. The van der Waals surface area contributed by atoms with E-state index in [-0.39, 0.29) is 6.92 Å². The monoisotopic (exact) mass is 238 g/mol. The first-order valence-electron chi connectivity index (χ1n) is 6.49. The first-order chi connectivity index (χ1) is 8.77. The second kappa shape index (κ2) is 6.41. The average Bonchev–Trinajstić information content (AvgIpc) is 2.41. The highest BCUT2D eigenvalue weighted by atomic mass is 16.4. The molecular weight excluding hydrogens is 219 g/mol. The smallest absolute Gasteiger partial charge is 0.0633 e. The highest BCUT2D eigenvalue weighted by molar-refractivity contribution is 6.80. The van der Waals surface area contributed by atoms with Crippen molar-refractivity contribution in [1.82, 2.24) is 0 Å². The van der Waals surface area contributed by atoms with Gasteiger partial charge in [0.25, 0.3) is 0 Å². The number of hydrogen-bond acceptors (Lipinski definition) is 1. The lowest BCUT2D eigenvalue weighted by Gasteiger charge is -2.31. The quantitative estimate of drug-likeness (QED) is 0.727. The molecule has 0 unspecified atom stereocenters. The van der Waals surface area contributed by atoms with E-state index in [2.05, 4.69) is 62.4 Å². The highest BCUT2D eigenvalue weighted by Gasteiger charge is 2.04. The summed E-state index contributed by atoms with van der Waals surface area (Å²) >= 11 is 0. The largest absolute Gasteiger partial charge is 0.611 e. The van der Waals surface area contributed by atoms with E-state index in [0.717, 1.165) is 6.61 Å². The van der Waals surface area contributed by atoms with E-state index >= 15 is 0 Å². The van der Waals surface area contributed by atoms with Gasteiger partial charge in [0.1, 0.15) is 0 Å². The van der Waals surface area contributed by atoms with Crippen molar-refractivity contribution < 1.29 is 4.65 Å². The van der Waals surface area contributed by atoms with Gasteiger partial charge in [-0.15, -0.1) is 0 Å². The Morgan fingerprint density at radius 2 is 1.28 bits per heavy atom. The number of hydrogen-bond donors (Lipinski definition) is 0. The van der Waals surface area contributed by atoms with E-state index in [1.165, 1.54) is 10.9 Å². The van der Waals surface area contributed by atoms with Crippen molar-refractivity contribution >= 4 is 17.8 Å². The van der Waals surface area contributed by atoms with Gasteiger partial charge in [-0.05, 0) is 5.92 Å². The fraction of sp³-hybridized carbons (Fsp3) is 0.250. The van der Waals surface area contributed by atoms with E-state index in [0.29, 0.717) is 5.92 Å². The van der Waals surface area contributed by atoms with Crippen LogP contribution in [0, 0.1) is 5.92 Å². The first kappa shape index (κ1) is 12.9. The van der Waals surface area contributed by atoms with E-state index in [9.17, 15) is 0 Å².